The van der Waals surface area contributed by atoms with E-state index in [1.54, 1.807) is 6.07 Å². The Hall–Kier alpha value is -3.18. The molecule has 0 aliphatic rings. The van der Waals surface area contributed by atoms with Crippen molar-refractivity contribution in [2.45, 2.75) is 13.0 Å². The molecule has 2 heterocycles. The fraction of sp³-hybridized carbons (Fsp3) is 0.0952. The van der Waals surface area contributed by atoms with Crippen LogP contribution < -0.4 is 0 Å². The van der Waals surface area contributed by atoms with Gasteiger partial charge in [-0.25, -0.2) is 9.78 Å². The Morgan fingerprint density at radius 3 is 2.63 bits per heavy atom. The molecule has 2 aromatic heterocycles. The van der Waals surface area contributed by atoms with Crippen molar-refractivity contribution in [1.82, 2.24) is 14.5 Å². The summed E-state index contributed by atoms with van der Waals surface area (Å²) in [5.41, 5.74) is 3.74. The zero-order valence-corrected chi connectivity index (χ0v) is 15.1. The number of aryl methyl sites for hydroxylation is 2. The molecular formula is C21H16ClN3O2. The smallest absolute Gasteiger partial charge is 0.335 e. The molecule has 0 spiro atoms. The first-order valence-corrected chi connectivity index (χ1v) is 8.89. The Morgan fingerprint density at radius 2 is 1.85 bits per heavy atom. The van der Waals surface area contributed by atoms with Gasteiger partial charge in [-0.15, -0.1) is 0 Å². The third-order valence-electron chi connectivity index (χ3n) is 4.43. The van der Waals surface area contributed by atoms with Crippen molar-refractivity contribution in [2.75, 3.05) is 0 Å². The molecule has 4 rings (SSSR count). The maximum atomic E-state index is 11.3. The summed E-state index contributed by atoms with van der Waals surface area (Å²) in [6.45, 7) is 0.691. The molecule has 6 heteroatoms. The van der Waals surface area contributed by atoms with Crippen LogP contribution in [-0.4, -0.2) is 25.6 Å². The van der Waals surface area contributed by atoms with Crippen molar-refractivity contribution in [1.29, 1.82) is 0 Å². The number of halogens is 1. The molecular weight excluding hydrogens is 362 g/mol. The Balaban J connectivity index is 1.76. The highest BCUT2D eigenvalue weighted by Crippen LogP contribution is 2.25. The van der Waals surface area contributed by atoms with Gasteiger partial charge in [0, 0.05) is 17.8 Å². The highest BCUT2D eigenvalue weighted by Gasteiger charge is 2.15. The summed E-state index contributed by atoms with van der Waals surface area (Å²) in [6, 6.07) is 18.7. The number of aromatic carboxylic acids is 1. The third-order valence-corrected chi connectivity index (χ3v) is 4.68. The van der Waals surface area contributed by atoms with Crippen LogP contribution in [0, 0.1) is 0 Å². The van der Waals surface area contributed by atoms with Gasteiger partial charge >= 0.3 is 5.97 Å². The number of aromatic nitrogens is 3. The number of rotatable bonds is 5. The van der Waals surface area contributed by atoms with Crippen molar-refractivity contribution < 1.29 is 9.90 Å². The Bertz CT molecular complexity index is 1120. The highest BCUT2D eigenvalue weighted by atomic mass is 35.5. The highest BCUT2D eigenvalue weighted by molar-refractivity contribution is 6.30. The predicted octanol–water partition coefficient (Wildman–Crippen LogP) is 4.69. The fourth-order valence-electron chi connectivity index (χ4n) is 3.08. The first-order valence-electron chi connectivity index (χ1n) is 8.51. The van der Waals surface area contributed by atoms with Gasteiger partial charge in [0.1, 0.15) is 5.69 Å². The monoisotopic (exact) mass is 377 g/mol. The fourth-order valence-corrected chi connectivity index (χ4v) is 3.20. The lowest BCUT2D eigenvalue weighted by Crippen LogP contribution is -2.05. The summed E-state index contributed by atoms with van der Waals surface area (Å²) in [7, 11) is 0. The minimum Gasteiger partial charge on any atom is -0.478 e. The molecule has 0 aliphatic carbocycles. The summed E-state index contributed by atoms with van der Waals surface area (Å²) in [5, 5.41) is 9.98. The maximum absolute atomic E-state index is 11.3. The number of carbonyl (C=O) groups is 1. The van der Waals surface area contributed by atoms with E-state index in [4.69, 9.17) is 16.6 Å². The van der Waals surface area contributed by atoms with Crippen molar-refractivity contribution in [3.63, 3.8) is 0 Å². The molecule has 0 saturated heterocycles. The number of imidazole rings is 1. The molecule has 0 bridgehead atoms. The lowest BCUT2D eigenvalue weighted by molar-refractivity contribution is 0.0697. The number of nitrogens with zero attached hydrogens (tertiary/aromatic N) is 3. The molecule has 2 aromatic carbocycles. The van der Waals surface area contributed by atoms with Gasteiger partial charge in [-0.2, -0.15) is 0 Å². The number of para-hydroxylation sites is 2. The molecule has 27 heavy (non-hydrogen) atoms. The second-order valence-electron chi connectivity index (χ2n) is 6.19. The molecule has 0 unspecified atom stereocenters. The SMILES string of the molecule is O=C(O)c1ccnc(-c2nc3ccccc3n2CCc2ccc(Cl)cc2)c1. The van der Waals surface area contributed by atoms with Crippen LogP contribution in [0.4, 0.5) is 0 Å². The number of pyridine rings is 1. The molecule has 0 atom stereocenters. The standard InChI is InChI=1S/C21H16ClN3O2/c22-16-7-5-14(6-8-16)10-12-25-19-4-2-1-3-17(19)24-20(25)18-13-15(21(26)27)9-11-23-18/h1-9,11,13H,10,12H2,(H,26,27). The number of hydrogen-bond donors (Lipinski definition) is 1. The average molecular weight is 378 g/mol. The van der Waals surface area contributed by atoms with Gasteiger partial charge in [0.15, 0.2) is 5.82 Å². The maximum Gasteiger partial charge on any atom is 0.335 e. The molecule has 134 valence electrons. The zero-order chi connectivity index (χ0) is 18.8. The molecule has 0 radical (unpaired) electrons. The van der Waals surface area contributed by atoms with Crippen molar-refractivity contribution in [3.8, 4) is 11.5 Å². The van der Waals surface area contributed by atoms with Crippen LogP contribution in [0.3, 0.4) is 0 Å². The summed E-state index contributed by atoms with van der Waals surface area (Å²) in [6.07, 6.45) is 2.30. The summed E-state index contributed by atoms with van der Waals surface area (Å²) in [5.74, 6) is -0.323. The van der Waals surface area contributed by atoms with E-state index in [1.165, 1.54) is 12.3 Å². The predicted molar refractivity (Wildman–Crippen MR) is 105 cm³/mol. The summed E-state index contributed by atoms with van der Waals surface area (Å²) >= 11 is 5.96. The van der Waals surface area contributed by atoms with Crippen molar-refractivity contribution in [2.24, 2.45) is 0 Å². The van der Waals surface area contributed by atoms with E-state index in [0.29, 0.717) is 23.1 Å². The Labute approximate surface area is 160 Å². The first kappa shape index (κ1) is 17.2. The first-order chi connectivity index (χ1) is 13.1. The quantitative estimate of drug-likeness (QED) is 0.547. The molecule has 0 saturated carbocycles. The average Bonchev–Trinajstić information content (AvgIpc) is 3.06. The van der Waals surface area contributed by atoms with Gasteiger partial charge in [-0.3, -0.25) is 4.98 Å². The summed E-state index contributed by atoms with van der Waals surface area (Å²) < 4.78 is 2.08. The van der Waals surface area contributed by atoms with Crippen LogP contribution in [0.25, 0.3) is 22.6 Å². The minimum atomic E-state index is -0.984. The molecule has 0 aliphatic heterocycles. The van der Waals surface area contributed by atoms with Crippen molar-refractivity contribution >= 4 is 28.6 Å². The third kappa shape index (κ3) is 3.55. The van der Waals surface area contributed by atoms with E-state index in [-0.39, 0.29) is 5.56 Å². The molecule has 0 fully saturated rings. The topological polar surface area (TPSA) is 68.0 Å². The van der Waals surface area contributed by atoms with E-state index >= 15 is 0 Å². The van der Waals surface area contributed by atoms with Crippen LogP contribution in [0.5, 0.6) is 0 Å². The van der Waals surface area contributed by atoms with E-state index in [0.717, 1.165) is 23.0 Å². The van der Waals surface area contributed by atoms with E-state index in [9.17, 15) is 9.90 Å². The Morgan fingerprint density at radius 1 is 1.07 bits per heavy atom. The normalized spacial score (nSPS) is 11.0. The van der Waals surface area contributed by atoms with Crippen LogP contribution in [0.1, 0.15) is 15.9 Å². The number of fused-ring (bicyclic) bond motifs is 1. The summed E-state index contributed by atoms with van der Waals surface area (Å²) in [4.78, 5) is 20.4. The molecule has 5 nitrogen and oxygen atoms in total. The van der Waals surface area contributed by atoms with Gasteiger partial charge in [0.25, 0.3) is 0 Å². The van der Waals surface area contributed by atoms with Gasteiger partial charge in [-0.1, -0.05) is 35.9 Å². The molecule has 4 aromatic rings. The zero-order valence-electron chi connectivity index (χ0n) is 14.3. The van der Waals surface area contributed by atoms with E-state index in [2.05, 4.69) is 9.55 Å². The number of benzene rings is 2. The second kappa shape index (κ2) is 7.21. The number of carboxylic acid groups (broad SMARTS) is 1. The number of hydrogen-bond acceptors (Lipinski definition) is 3. The van der Waals surface area contributed by atoms with Gasteiger partial charge < -0.3 is 9.67 Å². The molecule has 0 amide bonds. The number of carboxylic acids is 1. The molecule has 1 N–H and O–H groups in total. The van der Waals surface area contributed by atoms with Gasteiger partial charge in [0.2, 0.25) is 0 Å². The minimum absolute atomic E-state index is 0.191. The second-order valence-corrected chi connectivity index (χ2v) is 6.62. The van der Waals surface area contributed by atoms with Gasteiger partial charge in [-0.05, 0) is 48.4 Å². The van der Waals surface area contributed by atoms with Crippen LogP contribution in [-0.2, 0) is 13.0 Å². The van der Waals surface area contributed by atoms with Crippen molar-refractivity contribution in [3.05, 3.63) is 83.0 Å². The van der Waals surface area contributed by atoms with Crippen LogP contribution >= 0.6 is 11.6 Å². The Kier molecular flexibility index (Phi) is 4.60. The van der Waals surface area contributed by atoms with Crippen LogP contribution in [0.2, 0.25) is 5.02 Å². The van der Waals surface area contributed by atoms with Crippen LogP contribution in [0.15, 0.2) is 66.9 Å². The lowest BCUT2D eigenvalue weighted by atomic mass is 10.1. The van der Waals surface area contributed by atoms with E-state index < -0.39 is 5.97 Å². The largest absolute Gasteiger partial charge is 0.478 e. The van der Waals surface area contributed by atoms with Gasteiger partial charge in [0.05, 0.1) is 16.6 Å². The lowest BCUT2D eigenvalue weighted by Gasteiger charge is -2.10. The van der Waals surface area contributed by atoms with E-state index in [1.807, 2.05) is 48.5 Å².